The number of ether oxygens (including phenoxy) is 3. The maximum absolute atomic E-state index is 13.0. The fourth-order valence-corrected chi connectivity index (χ4v) is 7.64. The Morgan fingerprint density at radius 2 is 1.77 bits per heavy atom. The van der Waals surface area contributed by atoms with Crippen LogP contribution in [0.4, 0.5) is 0 Å². The molecule has 4 bridgehead atoms. The van der Waals surface area contributed by atoms with E-state index in [1.54, 1.807) is 12.2 Å². The number of hydrogen-bond donors (Lipinski definition) is 0. The molecule has 0 aromatic heterocycles. The number of rotatable bonds is 6. The summed E-state index contributed by atoms with van der Waals surface area (Å²) in [5, 5.41) is -0.545. The minimum Gasteiger partial charge on any atom is -0.748 e. The first-order valence-corrected chi connectivity index (χ1v) is 12.7. The summed E-state index contributed by atoms with van der Waals surface area (Å²) in [6, 6.07) is 0. The van der Waals surface area contributed by atoms with Gasteiger partial charge in [-0.3, -0.25) is 13.8 Å². The molecule has 5 rings (SSSR count). The SMILES string of the molecule is O=C(OCCS(=O)(=O)[O-])C1C2C=CC(O2)C1C(=O)OC1C2CC3C1OS(=O)(=O)C3C2. The van der Waals surface area contributed by atoms with Crippen molar-refractivity contribution >= 4 is 32.2 Å². The highest BCUT2D eigenvalue weighted by atomic mass is 32.2. The van der Waals surface area contributed by atoms with Crippen LogP contribution >= 0.6 is 0 Å². The Hall–Kier alpha value is -1.54. The zero-order chi connectivity index (χ0) is 21.4. The van der Waals surface area contributed by atoms with E-state index in [-0.39, 0.29) is 11.8 Å². The summed E-state index contributed by atoms with van der Waals surface area (Å²) in [7, 11) is -8.20. The predicted molar refractivity (Wildman–Crippen MR) is 94.0 cm³/mol. The maximum Gasteiger partial charge on any atom is 0.313 e. The van der Waals surface area contributed by atoms with Crippen molar-refractivity contribution in [1.29, 1.82) is 0 Å². The average Bonchev–Trinajstić information content (AvgIpc) is 3.41. The van der Waals surface area contributed by atoms with Gasteiger partial charge in [0.1, 0.15) is 30.7 Å². The van der Waals surface area contributed by atoms with Crippen LogP contribution in [0.1, 0.15) is 12.8 Å². The van der Waals surface area contributed by atoms with Crippen LogP contribution < -0.4 is 0 Å². The molecule has 0 aromatic rings. The van der Waals surface area contributed by atoms with Gasteiger partial charge in [-0.25, -0.2) is 8.42 Å². The number of hydrogen-bond acceptors (Lipinski definition) is 11. The monoisotopic (exact) mass is 463 g/mol. The van der Waals surface area contributed by atoms with Crippen LogP contribution in [-0.2, 0) is 48.2 Å². The fourth-order valence-electron chi connectivity index (χ4n) is 5.47. The third-order valence-corrected chi connectivity index (χ3v) is 9.13. The largest absolute Gasteiger partial charge is 0.748 e. The molecule has 166 valence electrons. The van der Waals surface area contributed by atoms with Gasteiger partial charge in [-0.15, -0.1) is 0 Å². The lowest BCUT2D eigenvalue weighted by Gasteiger charge is -2.28. The van der Waals surface area contributed by atoms with E-state index in [0.717, 1.165) is 0 Å². The fraction of sp³-hybridized carbons (Fsp3) is 0.765. The topological polar surface area (TPSA) is 162 Å². The van der Waals surface area contributed by atoms with Gasteiger partial charge in [0.2, 0.25) is 0 Å². The van der Waals surface area contributed by atoms with Crippen molar-refractivity contribution in [3.05, 3.63) is 12.2 Å². The summed E-state index contributed by atoms with van der Waals surface area (Å²) in [4.78, 5) is 25.4. The molecule has 0 amide bonds. The van der Waals surface area contributed by atoms with Gasteiger partial charge in [-0.1, -0.05) is 12.2 Å². The Morgan fingerprint density at radius 1 is 1.10 bits per heavy atom. The van der Waals surface area contributed by atoms with Crippen molar-refractivity contribution in [3.63, 3.8) is 0 Å². The molecule has 2 saturated carbocycles. The Balaban J connectivity index is 1.28. The Kier molecular flexibility index (Phi) is 4.57. The van der Waals surface area contributed by atoms with E-state index >= 15 is 0 Å². The molecular formula is C17H19O11S2-. The van der Waals surface area contributed by atoms with Crippen molar-refractivity contribution in [3.8, 4) is 0 Å². The zero-order valence-corrected chi connectivity index (χ0v) is 17.1. The third-order valence-electron chi connectivity index (χ3n) is 6.69. The summed E-state index contributed by atoms with van der Waals surface area (Å²) in [6.07, 6.45) is 1.39. The van der Waals surface area contributed by atoms with E-state index < -0.39 is 86.0 Å². The van der Waals surface area contributed by atoms with Crippen LogP contribution in [0.5, 0.6) is 0 Å². The standard InChI is InChI=1S/C17H20O11S2/c18-16(25-3-4-29(20,21)22)12-9-1-2-10(26-9)13(12)17(19)27-14-7-5-8-11(6-7)30(23,24)28-15(8)14/h1-2,7-15H,3-6H2,(H,20,21,22)/p-1. The second-order valence-corrected chi connectivity index (χ2v) is 11.6. The van der Waals surface area contributed by atoms with Gasteiger partial charge in [0.15, 0.2) is 0 Å². The molecule has 0 spiro atoms. The van der Waals surface area contributed by atoms with Crippen molar-refractivity contribution in [1.82, 2.24) is 0 Å². The molecule has 0 aromatic carbocycles. The predicted octanol–water partition coefficient (Wildman–Crippen LogP) is -1.31. The zero-order valence-electron chi connectivity index (χ0n) is 15.5. The van der Waals surface area contributed by atoms with Crippen molar-refractivity contribution in [2.24, 2.45) is 23.7 Å². The third kappa shape index (κ3) is 3.18. The highest BCUT2D eigenvalue weighted by molar-refractivity contribution is 7.87. The van der Waals surface area contributed by atoms with Crippen LogP contribution in [-0.4, -0.2) is 75.4 Å². The number of esters is 2. The molecular weight excluding hydrogens is 444 g/mol. The van der Waals surface area contributed by atoms with Gasteiger partial charge in [-0.05, 0) is 12.8 Å². The lowest BCUT2D eigenvalue weighted by atomic mass is 9.83. The highest BCUT2D eigenvalue weighted by Gasteiger charge is 2.66. The van der Waals surface area contributed by atoms with Gasteiger partial charge in [-0.2, -0.15) is 8.42 Å². The Bertz CT molecular complexity index is 1020. The number of carbonyl (C=O) groups excluding carboxylic acids is 2. The van der Waals surface area contributed by atoms with Crippen molar-refractivity contribution in [2.45, 2.75) is 42.5 Å². The smallest absolute Gasteiger partial charge is 0.313 e. The van der Waals surface area contributed by atoms with E-state index in [4.69, 9.17) is 18.4 Å². The molecule has 13 heteroatoms. The van der Waals surface area contributed by atoms with Crippen LogP contribution in [0.25, 0.3) is 0 Å². The maximum atomic E-state index is 13.0. The van der Waals surface area contributed by atoms with Gasteiger partial charge in [0, 0.05) is 11.8 Å². The first-order chi connectivity index (χ1) is 14.0. The molecule has 5 aliphatic rings. The van der Waals surface area contributed by atoms with Crippen LogP contribution in [0.2, 0.25) is 0 Å². The number of carbonyl (C=O) groups is 2. The van der Waals surface area contributed by atoms with E-state index in [9.17, 15) is 31.0 Å². The molecule has 2 saturated heterocycles. The number of fused-ring (bicyclic) bond motifs is 3. The van der Waals surface area contributed by atoms with E-state index in [1.807, 2.05) is 0 Å². The summed E-state index contributed by atoms with van der Waals surface area (Å²) >= 11 is 0. The quantitative estimate of drug-likeness (QED) is 0.199. The molecule has 2 aliphatic carbocycles. The van der Waals surface area contributed by atoms with Crippen LogP contribution in [0, 0.1) is 23.7 Å². The van der Waals surface area contributed by atoms with Gasteiger partial charge in [0.25, 0.3) is 10.1 Å². The minimum absolute atomic E-state index is 0.117. The first-order valence-electron chi connectivity index (χ1n) is 9.62. The lowest BCUT2D eigenvalue weighted by Crippen LogP contribution is -2.43. The molecule has 0 N–H and O–H groups in total. The van der Waals surface area contributed by atoms with Crippen molar-refractivity contribution < 1.29 is 49.4 Å². The summed E-state index contributed by atoms with van der Waals surface area (Å²) in [5.74, 6) is -4.80. The van der Waals surface area contributed by atoms with E-state index in [1.165, 1.54) is 0 Å². The second-order valence-electron chi connectivity index (χ2n) is 8.32. The highest BCUT2D eigenvalue weighted by Crippen LogP contribution is 2.55. The molecule has 9 unspecified atom stereocenters. The first kappa shape index (κ1) is 20.4. The Labute approximate surface area is 172 Å². The second kappa shape index (κ2) is 6.73. The lowest BCUT2D eigenvalue weighted by molar-refractivity contribution is -0.167. The molecule has 9 atom stereocenters. The van der Waals surface area contributed by atoms with Crippen molar-refractivity contribution in [2.75, 3.05) is 12.4 Å². The van der Waals surface area contributed by atoms with Crippen LogP contribution in [0.3, 0.4) is 0 Å². The van der Waals surface area contributed by atoms with Gasteiger partial charge < -0.3 is 18.8 Å². The Morgan fingerprint density at radius 3 is 2.43 bits per heavy atom. The van der Waals surface area contributed by atoms with E-state index in [2.05, 4.69) is 0 Å². The molecule has 0 radical (unpaired) electrons. The van der Waals surface area contributed by atoms with Gasteiger partial charge >= 0.3 is 11.9 Å². The minimum atomic E-state index is -4.55. The molecule has 3 aliphatic heterocycles. The molecule has 4 fully saturated rings. The summed E-state index contributed by atoms with van der Waals surface area (Å²) < 4.78 is 77.5. The summed E-state index contributed by atoms with van der Waals surface area (Å²) in [5.41, 5.74) is 0. The molecule has 30 heavy (non-hydrogen) atoms. The normalized spacial score (nSPS) is 44.5. The summed E-state index contributed by atoms with van der Waals surface area (Å²) in [6.45, 7) is -0.619. The average molecular weight is 463 g/mol. The van der Waals surface area contributed by atoms with Gasteiger partial charge in [0.05, 0.1) is 33.3 Å². The van der Waals surface area contributed by atoms with E-state index in [0.29, 0.717) is 12.8 Å². The molecule has 11 nitrogen and oxygen atoms in total. The molecule has 3 heterocycles. The van der Waals surface area contributed by atoms with Crippen LogP contribution in [0.15, 0.2) is 12.2 Å².